The summed E-state index contributed by atoms with van der Waals surface area (Å²) in [5, 5.41) is 0.440. The molecule has 1 aromatic rings. The van der Waals surface area contributed by atoms with Gasteiger partial charge in [-0.3, -0.25) is 9.59 Å². The van der Waals surface area contributed by atoms with Crippen molar-refractivity contribution in [2.24, 2.45) is 5.92 Å². The minimum atomic E-state index is -0.246. The molecule has 5 nitrogen and oxygen atoms in total. The van der Waals surface area contributed by atoms with E-state index in [9.17, 15) is 9.59 Å². The fourth-order valence-electron chi connectivity index (χ4n) is 3.04. The molecular weight excluding hydrogens is 332 g/mol. The molecule has 0 spiro atoms. The number of halogens is 1. The molecule has 0 amide bonds. The van der Waals surface area contributed by atoms with E-state index in [0.29, 0.717) is 23.6 Å². The van der Waals surface area contributed by atoms with Gasteiger partial charge in [-0.2, -0.15) is 0 Å². The van der Waals surface area contributed by atoms with Crippen LogP contribution in [-0.4, -0.2) is 30.4 Å². The van der Waals surface area contributed by atoms with Crippen molar-refractivity contribution in [1.29, 1.82) is 0 Å². The Kier molecular flexibility index (Phi) is 5.21. The number of carbonyl (C=O) groups is 2. The fraction of sp³-hybridized carbons (Fsp3) is 0.444. The van der Waals surface area contributed by atoms with Gasteiger partial charge in [0.2, 0.25) is 11.5 Å². The summed E-state index contributed by atoms with van der Waals surface area (Å²) < 4.78 is 16.9. The zero-order valence-corrected chi connectivity index (χ0v) is 14.1. The van der Waals surface area contributed by atoms with Gasteiger partial charge in [0.25, 0.3) is 0 Å². The molecule has 0 saturated heterocycles. The highest BCUT2D eigenvalue weighted by atomic mass is 35.5. The number of Topliss-reactive ketones (excluding diaryl/α,β-unsaturated/α-hetero) is 2. The van der Waals surface area contributed by atoms with Gasteiger partial charge in [-0.15, -0.1) is 0 Å². The van der Waals surface area contributed by atoms with E-state index in [-0.39, 0.29) is 42.1 Å². The molecule has 1 aliphatic carbocycles. The summed E-state index contributed by atoms with van der Waals surface area (Å²) in [6.07, 6.45) is 3.04. The van der Waals surface area contributed by atoms with Crippen LogP contribution in [0.25, 0.3) is 0 Å². The molecule has 24 heavy (non-hydrogen) atoms. The smallest absolute Gasteiger partial charge is 0.208 e. The maximum Gasteiger partial charge on any atom is 0.208 e. The predicted molar refractivity (Wildman–Crippen MR) is 87.8 cm³/mol. The van der Waals surface area contributed by atoms with Crippen molar-refractivity contribution in [3.63, 3.8) is 0 Å². The number of allylic oxidation sites excluding steroid dienone is 1. The Labute approximate surface area is 145 Å². The van der Waals surface area contributed by atoms with E-state index in [0.717, 1.165) is 6.42 Å². The minimum absolute atomic E-state index is 0.00640. The Morgan fingerprint density at radius 2 is 2.12 bits per heavy atom. The Morgan fingerprint density at radius 3 is 2.88 bits per heavy atom. The summed E-state index contributed by atoms with van der Waals surface area (Å²) in [7, 11) is 0. The third kappa shape index (κ3) is 3.79. The van der Waals surface area contributed by atoms with E-state index >= 15 is 0 Å². The summed E-state index contributed by atoms with van der Waals surface area (Å²) in [5.74, 6) is 0.278. The van der Waals surface area contributed by atoms with E-state index in [2.05, 4.69) is 0 Å². The molecule has 1 heterocycles. The predicted octanol–water partition coefficient (Wildman–Crippen LogP) is 3.30. The van der Waals surface area contributed by atoms with Crippen LogP contribution >= 0.6 is 11.6 Å². The molecule has 0 bridgehead atoms. The molecule has 3 unspecified atom stereocenters. The van der Waals surface area contributed by atoms with Gasteiger partial charge < -0.3 is 14.2 Å². The number of para-hydroxylation sites is 1. The third-order valence-corrected chi connectivity index (χ3v) is 4.56. The number of rotatable bonds is 5. The highest BCUT2D eigenvalue weighted by molar-refractivity contribution is 6.32. The topological polar surface area (TPSA) is 61.8 Å². The van der Waals surface area contributed by atoms with Crippen molar-refractivity contribution in [2.75, 3.05) is 6.61 Å². The zero-order chi connectivity index (χ0) is 17.1. The molecule has 128 valence electrons. The average molecular weight is 351 g/mol. The third-order valence-electron chi connectivity index (χ3n) is 4.25. The quantitative estimate of drug-likeness (QED) is 0.815. The highest BCUT2D eigenvalue weighted by Crippen LogP contribution is 2.36. The first kappa shape index (κ1) is 17.0. The van der Waals surface area contributed by atoms with Gasteiger partial charge >= 0.3 is 0 Å². The van der Waals surface area contributed by atoms with Crippen molar-refractivity contribution in [3.8, 4) is 5.75 Å². The van der Waals surface area contributed by atoms with Gasteiger partial charge in [0.1, 0.15) is 24.7 Å². The second-order valence-corrected chi connectivity index (χ2v) is 6.52. The van der Waals surface area contributed by atoms with Crippen molar-refractivity contribution in [1.82, 2.24) is 0 Å². The number of benzene rings is 1. The fourth-order valence-corrected chi connectivity index (χ4v) is 3.21. The van der Waals surface area contributed by atoms with Crippen LogP contribution in [-0.2, 0) is 19.1 Å². The largest absolute Gasteiger partial charge is 0.493 e. The molecule has 1 aliphatic heterocycles. The Balaban J connectivity index is 1.65. The average Bonchev–Trinajstić information content (AvgIpc) is 2.57. The first-order chi connectivity index (χ1) is 11.5. The maximum absolute atomic E-state index is 12.6. The van der Waals surface area contributed by atoms with Crippen LogP contribution in [0.4, 0.5) is 0 Å². The van der Waals surface area contributed by atoms with Crippen molar-refractivity contribution in [3.05, 3.63) is 41.3 Å². The second-order valence-electron chi connectivity index (χ2n) is 6.11. The summed E-state index contributed by atoms with van der Waals surface area (Å²) in [6.45, 7) is 1.60. The lowest BCUT2D eigenvalue weighted by molar-refractivity contribution is -0.136. The van der Waals surface area contributed by atoms with E-state index < -0.39 is 0 Å². The van der Waals surface area contributed by atoms with Crippen molar-refractivity contribution >= 4 is 23.2 Å². The number of carbonyl (C=O) groups excluding carboxylic acids is 2. The van der Waals surface area contributed by atoms with Crippen LogP contribution in [0, 0.1) is 5.92 Å². The van der Waals surface area contributed by atoms with Crippen LogP contribution in [0.3, 0.4) is 0 Å². The van der Waals surface area contributed by atoms with Gasteiger partial charge in [-0.05, 0) is 31.9 Å². The summed E-state index contributed by atoms with van der Waals surface area (Å²) in [6, 6.07) is 6.98. The van der Waals surface area contributed by atoms with Crippen LogP contribution in [0.2, 0.25) is 5.02 Å². The maximum atomic E-state index is 12.6. The van der Waals surface area contributed by atoms with Gasteiger partial charge in [0.05, 0.1) is 17.0 Å². The summed E-state index contributed by atoms with van der Waals surface area (Å²) in [4.78, 5) is 23.7. The lowest BCUT2D eigenvalue weighted by Crippen LogP contribution is -2.42. The monoisotopic (exact) mass is 350 g/mol. The zero-order valence-electron chi connectivity index (χ0n) is 13.4. The molecule has 6 heteroatoms. The van der Waals surface area contributed by atoms with Gasteiger partial charge in [0, 0.05) is 6.42 Å². The standard InChI is InChI=1S/C18H19ClO5/c1-11(20)9-22-12-6-7-13-16(8-12)23-10-17(18(13)21)24-15-5-3-2-4-14(15)19/h2-5,10,12-13,16H,6-9H2,1H3. The van der Waals surface area contributed by atoms with Crippen molar-refractivity contribution in [2.45, 2.75) is 38.4 Å². The molecule has 3 rings (SSSR count). The number of hydrogen-bond acceptors (Lipinski definition) is 5. The number of fused-ring (bicyclic) bond motifs is 1. The summed E-state index contributed by atoms with van der Waals surface area (Å²) in [5.41, 5.74) is 0. The van der Waals surface area contributed by atoms with Gasteiger partial charge in [-0.1, -0.05) is 23.7 Å². The Bertz CT molecular complexity index is 669. The lowest BCUT2D eigenvalue weighted by atomic mass is 9.80. The Hall–Kier alpha value is -1.85. The molecule has 3 atom stereocenters. The van der Waals surface area contributed by atoms with Crippen LogP contribution in [0.1, 0.15) is 26.2 Å². The lowest BCUT2D eigenvalue weighted by Gasteiger charge is -2.37. The van der Waals surface area contributed by atoms with Gasteiger partial charge in [-0.25, -0.2) is 0 Å². The number of hydrogen-bond donors (Lipinski definition) is 0. The Morgan fingerprint density at radius 1 is 1.33 bits per heavy atom. The first-order valence-corrected chi connectivity index (χ1v) is 8.35. The van der Waals surface area contributed by atoms with Crippen molar-refractivity contribution < 1.29 is 23.8 Å². The summed E-state index contributed by atoms with van der Waals surface area (Å²) >= 11 is 6.06. The molecule has 1 fully saturated rings. The van der Waals surface area contributed by atoms with Crippen LogP contribution < -0.4 is 4.74 Å². The van der Waals surface area contributed by atoms with Crippen LogP contribution in [0.15, 0.2) is 36.3 Å². The molecule has 0 aromatic heterocycles. The van der Waals surface area contributed by atoms with Gasteiger partial charge in [0.15, 0.2) is 5.78 Å². The molecule has 1 saturated carbocycles. The highest BCUT2D eigenvalue weighted by Gasteiger charge is 2.41. The molecule has 0 N–H and O–H groups in total. The number of ether oxygens (including phenoxy) is 3. The van der Waals surface area contributed by atoms with E-state index in [1.54, 1.807) is 24.3 Å². The van der Waals surface area contributed by atoms with E-state index in [4.69, 9.17) is 25.8 Å². The van der Waals surface area contributed by atoms with Crippen LogP contribution in [0.5, 0.6) is 5.75 Å². The molecule has 0 radical (unpaired) electrons. The number of ketones is 2. The SMILES string of the molecule is CC(=O)COC1CCC2C(=O)C(Oc3ccccc3Cl)=COC2C1. The molecule has 2 aliphatic rings. The second kappa shape index (κ2) is 7.36. The first-order valence-electron chi connectivity index (χ1n) is 7.98. The minimum Gasteiger partial charge on any atom is -0.493 e. The molecule has 1 aromatic carbocycles. The van der Waals surface area contributed by atoms with E-state index in [1.165, 1.54) is 13.2 Å². The normalized spacial score (nSPS) is 26.2. The molecular formula is C18H19ClO5. The van der Waals surface area contributed by atoms with E-state index in [1.807, 2.05) is 0 Å².